The average molecular weight is 288 g/mol. The zero-order chi connectivity index (χ0) is 15.2. The summed E-state index contributed by atoms with van der Waals surface area (Å²) >= 11 is 0. The molecule has 0 radical (unpaired) electrons. The molecule has 9 nitrogen and oxygen atoms in total. The van der Waals surface area contributed by atoms with E-state index in [9.17, 15) is 14.9 Å². The van der Waals surface area contributed by atoms with Crippen molar-refractivity contribution in [2.45, 2.75) is 0 Å². The Morgan fingerprint density at radius 2 is 2.00 bits per heavy atom. The van der Waals surface area contributed by atoms with Gasteiger partial charge >= 0.3 is 6.03 Å². The molecule has 9 heteroatoms. The molecule has 0 saturated heterocycles. The van der Waals surface area contributed by atoms with E-state index in [1.807, 2.05) is 0 Å². The van der Waals surface area contributed by atoms with Crippen molar-refractivity contribution < 1.29 is 9.83 Å². The number of carbonyl (C=O) groups is 1. The molecule has 1 aromatic carbocycles. The summed E-state index contributed by atoms with van der Waals surface area (Å²) in [4.78, 5) is 31.9. The molecular formula is C12H12N6O3. The minimum Gasteiger partial charge on any atom is -0.280 e. The quantitative estimate of drug-likeness (QED) is 0.670. The van der Waals surface area contributed by atoms with Gasteiger partial charge in [-0.2, -0.15) is 5.43 Å². The molecular weight excluding hydrogens is 276 g/mol. The predicted molar refractivity (Wildman–Crippen MR) is 74.9 cm³/mol. The normalized spacial score (nSPS) is 9.76. The molecule has 0 aliphatic heterocycles. The third-order valence-corrected chi connectivity index (χ3v) is 2.58. The summed E-state index contributed by atoms with van der Waals surface area (Å²) in [5.41, 5.74) is 2.42. The van der Waals surface area contributed by atoms with E-state index in [0.29, 0.717) is 10.9 Å². The van der Waals surface area contributed by atoms with Crippen LogP contribution in [0, 0.1) is 10.1 Å². The first kappa shape index (κ1) is 14.2. The Bertz CT molecular complexity index is 621. The number of urea groups is 1. The van der Waals surface area contributed by atoms with Crippen molar-refractivity contribution in [3.8, 4) is 0 Å². The molecule has 2 aromatic rings. The van der Waals surface area contributed by atoms with Crippen LogP contribution in [-0.2, 0) is 0 Å². The highest BCUT2D eigenvalue weighted by Crippen LogP contribution is 2.12. The van der Waals surface area contributed by atoms with E-state index < -0.39 is 11.1 Å². The number of hydrazine groups is 2. The zero-order valence-electron chi connectivity index (χ0n) is 11.1. The zero-order valence-corrected chi connectivity index (χ0v) is 11.1. The monoisotopic (exact) mass is 288 g/mol. The summed E-state index contributed by atoms with van der Waals surface area (Å²) < 4.78 is 0. The highest BCUT2D eigenvalue weighted by Gasteiger charge is 2.23. The average Bonchev–Trinajstić information content (AvgIpc) is 2.53. The van der Waals surface area contributed by atoms with Gasteiger partial charge in [-0.1, -0.05) is 18.2 Å². The fourth-order valence-electron chi connectivity index (χ4n) is 1.52. The molecule has 0 fully saturated rings. The van der Waals surface area contributed by atoms with Crippen LogP contribution < -0.4 is 15.4 Å². The van der Waals surface area contributed by atoms with E-state index in [0.717, 1.165) is 4.90 Å². The van der Waals surface area contributed by atoms with Crippen molar-refractivity contribution >= 4 is 17.5 Å². The molecule has 0 aliphatic carbocycles. The van der Waals surface area contributed by atoms with Crippen LogP contribution in [0.4, 0.5) is 16.3 Å². The first-order valence-corrected chi connectivity index (χ1v) is 5.89. The summed E-state index contributed by atoms with van der Waals surface area (Å²) in [7, 11) is 1.45. The fraction of sp³-hybridized carbons (Fsp3) is 0.0833. The van der Waals surface area contributed by atoms with Gasteiger partial charge < -0.3 is 0 Å². The molecule has 0 unspecified atom stereocenters. The molecule has 1 N–H and O–H groups in total. The SMILES string of the molecule is CN(C(=O)NN(c1ccccc1)[N+](=O)[O-])c1ccncn1. The summed E-state index contributed by atoms with van der Waals surface area (Å²) in [5.74, 6) is 0.318. The van der Waals surface area contributed by atoms with Crippen molar-refractivity contribution in [1.82, 2.24) is 15.4 Å². The second-order valence-electron chi connectivity index (χ2n) is 3.93. The number of hydrogen-bond acceptors (Lipinski definition) is 5. The first-order valence-electron chi connectivity index (χ1n) is 5.89. The highest BCUT2D eigenvalue weighted by molar-refractivity contribution is 5.91. The Morgan fingerprint density at radius 1 is 1.29 bits per heavy atom. The molecule has 0 atom stereocenters. The standard InChI is InChI=1S/C12H12N6O3/c1-16(11-7-8-13-9-14-11)12(19)15-17(18(20)21)10-5-3-2-4-6-10/h2-9H,1H3,(H,15,19). The van der Waals surface area contributed by atoms with Gasteiger partial charge in [0.25, 0.3) is 0 Å². The van der Waals surface area contributed by atoms with Crippen molar-refractivity contribution in [3.05, 3.63) is 59.0 Å². The van der Waals surface area contributed by atoms with E-state index >= 15 is 0 Å². The first-order chi connectivity index (χ1) is 10.1. The van der Waals surface area contributed by atoms with Gasteiger partial charge in [0, 0.05) is 18.4 Å². The van der Waals surface area contributed by atoms with Gasteiger partial charge in [0.05, 0.1) is 0 Å². The molecule has 21 heavy (non-hydrogen) atoms. The number of hydrogen-bond donors (Lipinski definition) is 1. The fourth-order valence-corrected chi connectivity index (χ4v) is 1.52. The summed E-state index contributed by atoms with van der Waals surface area (Å²) in [6.45, 7) is 0. The number of carbonyl (C=O) groups excluding carboxylic acids is 1. The van der Waals surface area contributed by atoms with Crippen LogP contribution in [0.2, 0.25) is 0 Å². The Morgan fingerprint density at radius 3 is 2.57 bits per heavy atom. The Labute approximate surface area is 119 Å². The number of rotatable bonds is 4. The minimum absolute atomic E-state index is 0.229. The maximum absolute atomic E-state index is 12.0. The Hall–Kier alpha value is -3.23. The molecule has 2 amide bonds. The summed E-state index contributed by atoms with van der Waals surface area (Å²) in [6.07, 6.45) is 2.75. The molecule has 0 spiro atoms. The van der Waals surface area contributed by atoms with Crippen LogP contribution in [0.25, 0.3) is 0 Å². The van der Waals surface area contributed by atoms with Gasteiger partial charge in [-0.15, -0.1) is 0 Å². The lowest BCUT2D eigenvalue weighted by Gasteiger charge is -2.20. The van der Waals surface area contributed by atoms with Gasteiger partial charge in [-0.3, -0.25) is 4.90 Å². The van der Waals surface area contributed by atoms with Crippen molar-refractivity contribution in [3.63, 3.8) is 0 Å². The third kappa shape index (κ3) is 3.41. The van der Waals surface area contributed by atoms with Crippen molar-refractivity contribution in [2.24, 2.45) is 0 Å². The van der Waals surface area contributed by atoms with Crippen LogP contribution in [0.3, 0.4) is 0 Å². The van der Waals surface area contributed by atoms with Crippen LogP contribution in [0.1, 0.15) is 0 Å². The van der Waals surface area contributed by atoms with E-state index in [-0.39, 0.29) is 5.69 Å². The number of para-hydroxylation sites is 1. The molecule has 108 valence electrons. The van der Waals surface area contributed by atoms with Gasteiger partial charge in [0.1, 0.15) is 17.8 Å². The molecule has 0 aliphatic rings. The second kappa shape index (κ2) is 6.28. The van der Waals surface area contributed by atoms with Gasteiger partial charge in [-0.05, 0) is 18.2 Å². The topological polar surface area (TPSA) is 104 Å². The maximum atomic E-state index is 12.0. The highest BCUT2D eigenvalue weighted by atomic mass is 16.7. The summed E-state index contributed by atoms with van der Waals surface area (Å²) in [6, 6.07) is 8.81. The van der Waals surface area contributed by atoms with Crippen molar-refractivity contribution in [1.29, 1.82) is 0 Å². The minimum atomic E-state index is -0.721. The third-order valence-electron chi connectivity index (χ3n) is 2.58. The molecule has 0 bridgehead atoms. The van der Waals surface area contributed by atoms with E-state index in [4.69, 9.17) is 0 Å². The molecule has 2 rings (SSSR count). The predicted octanol–water partition coefficient (Wildman–Crippen LogP) is 1.24. The number of nitrogens with zero attached hydrogens (tertiary/aromatic N) is 5. The number of amides is 2. The van der Waals surface area contributed by atoms with Gasteiger partial charge in [-0.25, -0.2) is 24.9 Å². The van der Waals surface area contributed by atoms with E-state index in [1.165, 1.54) is 37.8 Å². The number of benzene rings is 1. The van der Waals surface area contributed by atoms with Crippen LogP contribution in [0.5, 0.6) is 0 Å². The number of nitro groups is 1. The Kier molecular flexibility index (Phi) is 4.24. The molecule has 0 saturated carbocycles. The van der Waals surface area contributed by atoms with Crippen LogP contribution in [0.15, 0.2) is 48.9 Å². The second-order valence-corrected chi connectivity index (χ2v) is 3.93. The largest absolute Gasteiger partial charge is 0.346 e. The van der Waals surface area contributed by atoms with Gasteiger partial charge in [0.2, 0.25) is 0 Å². The maximum Gasteiger partial charge on any atom is 0.346 e. The van der Waals surface area contributed by atoms with E-state index in [2.05, 4.69) is 15.4 Å². The van der Waals surface area contributed by atoms with Crippen LogP contribution in [-0.4, -0.2) is 28.1 Å². The number of nitrogens with one attached hydrogen (secondary N) is 1. The molecule has 1 heterocycles. The smallest absolute Gasteiger partial charge is 0.280 e. The lowest BCUT2D eigenvalue weighted by molar-refractivity contribution is -0.501. The lowest BCUT2D eigenvalue weighted by atomic mass is 10.3. The Balaban J connectivity index is 2.14. The van der Waals surface area contributed by atoms with Gasteiger partial charge in [0.15, 0.2) is 5.03 Å². The van der Waals surface area contributed by atoms with E-state index in [1.54, 1.807) is 18.2 Å². The number of aromatic nitrogens is 2. The summed E-state index contributed by atoms with van der Waals surface area (Å²) in [5, 5.41) is 10.9. The number of anilines is 2. The van der Waals surface area contributed by atoms with Crippen LogP contribution >= 0.6 is 0 Å². The van der Waals surface area contributed by atoms with Crippen molar-refractivity contribution in [2.75, 3.05) is 17.1 Å². The lowest BCUT2D eigenvalue weighted by Crippen LogP contribution is -2.51. The molecule has 1 aromatic heterocycles.